The molecule has 3 rings (SSSR count). The Morgan fingerprint density at radius 1 is 1.07 bits per heavy atom. The van der Waals surface area contributed by atoms with E-state index < -0.39 is 10.0 Å². The SMILES string of the molecule is Cc1ccc(S(=O)(=O)N2CCN(CC(=O)N/N=C\c3ccc(F)cc3)CC2)cc1. The summed E-state index contributed by atoms with van der Waals surface area (Å²) in [6.07, 6.45) is 1.43. The number of nitrogens with zero attached hydrogens (tertiary/aromatic N) is 3. The molecule has 0 bridgehead atoms. The van der Waals surface area contributed by atoms with Crippen molar-refractivity contribution in [2.45, 2.75) is 11.8 Å². The molecule has 0 saturated carbocycles. The number of hydrogen-bond donors (Lipinski definition) is 1. The largest absolute Gasteiger partial charge is 0.292 e. The number of nitrogens with one attached hydrogen (secondary N) is 1. The van der Waals surface area contributed by atoms with E-state index in [-0.39, 0.29) is 23.2 Å². The lowest BCUT2D eigenvalue weighted by molar-refractivity contribution is -0.122. The van der Waals surface area contributed by atoms with Crippen LogP contribution in [0, 0.1) is 12.7 Å². The second kappa shape index (κ2) is 9.25. The predicted octanol–water partition coefficient (Wildman–Crippen LogP) is 1.59. The zero-order valence-corrected chi connectivity index (χ0v) is 16.9. The summed E-state index contributed by atoms with van der Waals surface area (Å²) in [4.78, 5) is 14.2. The smallest absolute Gasteiger partial charge is 0.254 e. The molecule has 29 heavy (non-hydrogen) atoms. The van der Waals surface area contributed by atoms with Crippen molar-refractivity contribution in [2.24, 2.45) is 5.10 Å². The monoisotopic (exact) mass is 418 g/mol. The lowest BCUT2D eigenvalue weighted by atomic mass is 10.2. The molecule has 1 fully saturated rings. The summed E-state index contributed by atoms with van der Waals surface area (Å²) in [5.74, 6) is -0.632. The highest BCUT2D eigenvalue weighted by atomic mass is 32.2. The molecule has 1 N–H and O–H groups in total. The maximum absolute atomic E-state index is 12.9. The van der Waals surface area contributed by atoms with Gasteiger partial charge in [-0.25, -0.2) is 18.2 Å². The molecule has 0 aliphatic carbocycles. The van der Waals surface area contributed by atoms with Gasteiger partial charge in [0.15, 0.2) is 0 Å². The van der Waals surface area contributed by atoms with Gasteiger partial charge in [-0.05, 0) is 36.8 Å². The summed E-state index contributed by atoms with van der Waals surface area (Å²) in [6, 6.07) is 12.5. The number of rotatable bonds is 6. The number of sulfonamides is 1. The van der Waals surface area contributed by atoms with Crippen LogP contribution in [0.2, 0.25) is 0 Å². The van der Waals surface area contributed by atoms with E-state index in [1.807, 2.05) is 11.8 Å². The summed E-state index contributed by atoms with van der Waals surface area (Å²) < 4.78 is 39.7. The normalized spacial score (nSPS) is 16.2. The number of hydrogen-bond acceptors (Lipinski definition) is 5. The quantitative estimate of drug-likeness (QED) is 0.571. The van der Waals surface area contributed by atoms with Gasteiger partial charge in [0.05, 0.1) is 17.7 Å². The molecule has 1 heterocycles. The van der Waals surface area contributed by atoms with Gasteiger partial charge in [0.2, 0.25) is 10.0 Å². The molecular weight excluding hydrogens is 395 g/mol. The topological polar surface area (TPSA) is 82.1 Å². The standard InChI is InChI=1S/C20H23FN4O3S/c1-16-2-8-19(9-3-16)29(27,28)25-12-10-24(11-13-25)15-20(26)23-22-14-17-4-6-18(21)7-5-17/h2-9,14H,10-13,15H2,1H3,(H,23,26)/b22-14-. The minimum Gasteiger partial charge on any atom is -0.292 e. The van der Waals surface area contributed by atoms with Crippen LogP contribution in [-0.4, -0.2) is 62.5 Å². The molecule has 1 aliphatic heterocycles. The van der Waals surface area contributed by atoms with Crippen molar-refractivity contribution >= 4 is 22.1 Å². The van der Waals surface area contributed by atoms with Crippen molar-refractivity contribution < 1.29 is 17.6 Å². The molecule has 1 amide bonds. The molecule has 154 valence electrons. The van der Waals surface area contributed by atoms with Crippen molar-refractivity contribution in [1.82, 2.24) is 14.6 Å². The first-order valence-electron chi connectivity index (χ1n) is 9.21. The van der Waals surface area contributed by atoms with Crippen molar-refractivity contribution in [1.29, 1.82) is 0 Å². The van der Waals surface area contributed by atoms with Crippen LogP contribution >= 0.6 is 0 Å². The average molecular weight is 418 g/mol. The van der Waals surface area contributed by atoms with Crippen molar-refractivity contribution in [2.75, 3.05) is 32.7 Å². The fraction of sp³-hybridized carbons (Fsp3) is 0.300. The molecular formula is C20H23FN4O3S. The van der Waals surface area contributed by atoms with Crippen molar-refractivity contribution in [3.8, 4) is 0 Å². The first-order chi connectivity index (χ1) is 13.8. The lowest BCUT2D eigenvalue weighted by Gasteiger charge is -2.33. The van der Waals surface area contributed by atoms with E-state index in [1.165, 1.54) is 22.7 Å². The molecule has 0 radical (unpaired) electrons. The molecule has 0 atom stereocenters. The van der Waals surface area contributed by atoms with Crippen molar-refractivity contribution in [3.63, 3.8) is 0 Å². The minimum absolute atomic E-state index is 0.124. The Kier molecular flexibility index (Phi) is 6.73. The number of piperazine rings is 1. The third-order valence-corrected chi connectivity index (χ3v) is 6.54. The Labute approximate surface area is 169 Å². The minimum atomic E-state index is -3.52. The number of carbonyl (C=O) groups is 1. The van der Waals surface area contributed by atoms with Crippen LogP contribution in [0.4, 0.5) is 4.39 Å². The third kappa shape index (κ3) is 5.69. The van der Waals surface area contributed by atoms with Crippen LogP contribution in [0.25, 0.3) is 0 Å². The van der Waals surface area contributed by atoms with Crippen LogP contribution in [0.3, 0.4) is 0 Å². The Bertz CT molecular complexity index is 968. The van der Waals surface area contributed by atoms with Gasteiger partial charge in [0, 0.05) is 26.2 Å². The number of hydrazone groups is 1. The molecule has 0 aromatic heterocycles. The van der Waals surface area contributed by atoms with Gasteiger partial charge in [-0.3, -0.25) is 9.69 Å². The fourth-order valence-corrected chi connectivity index (χ4v) is 4.38. The summed E-state index contributed by atoms with van der Waals surface area (Å²) in [7, 11) is -3.52. The van der Waals surface area contributed by atoms with E-state index in [9.17, 15) is 17.6 Å². The van der Waals surface area contributed by atoms with E-state index in [1.54, 1.807) is 36.4 Å². The highest BCUT2D eigenvalue weighted by Crippen LogP contribution is 2.18. The van der Waals surface area contributed by atoms with E-state index in [0.717, 1.165) is 5.56 Å². The molecule has 7 nitrogen and oxygen atoms in total. The Balaban J connectivity index is 1.47. The maximum Gasteiger partial charge on any atom is 0.254 e. The summed E-state index contributed by atoms with van der Waals surface area (Å²) >= 11 is 0. The average Bonchev–Trinajstić information content (AvgIpc) is 2.70. The first-order valence-corrected chi connectivity index (χ1v) is 10.7. The van der Waals surface area contributed by atoms with Gasteiger partial charge in [0.1, 0.15) is 5.82 Å². The van der Waals surface area contributed by atoms with Crippen LogP contribution < -0.4 is 5.43 Å². The highest BCUT2D eigenvalue weighted by Gasteiger charge is 2.28. The van der Waals surface area contributed by atoms with Gasteiger partial charge in [-0.2, -0.15) is 9.41 Å². The Morgan fingerprint density at radius 3 is 2.31 bits per heavy atom. The molecule has 2 aromatic carbocycles. The maximum atomic E-state index is 12.9. The number of aryl methyl sites for hydroxylation is 1. The zero-order valence-electron chi connectivity index (χ0n) is 16.1. The summed E-state index contributed by atoms with van der Waals surface area (Å²) in [5, 5.41) is 3.86. The van der Waals surface area contributed by atoms with Gasteiger partial charge in [0.25, 0.3) is 5.91 Å². The highest BCUT2D eigenvalue weighted by molar-refractivity contribution is 7.89. The summed E-state index contributed by atoms with van der Waals surface area (Å²) in [5.41, 5.74) is 4.10. The number of amides is 1. The fourth-order valence-electron chi connectivity index (χ4n) is 2.95. The first kappa shape index (κ1) is 21.1. The molecule has 2 aromatic rings. The second-order valence-corrected chi connectivity index (χ2v) is 8.78. The molecule has 0 unspecified atom stereocenters. The van der Waals surface area contributed by atoms with Gasteiger partial charge in [-0.15, -0.1) is 0 Å². The van der Waals surface area contributed by atoms with Crippen LogP contribution in [0.15, 0.2) is 58.5 Å². The van der Waals surface area contributed by atoms with Gasteiger partial charge < -0.3 is 0 Å². The second-order valence-electron chi connectivity index (χ2n) is 6.84. The zero-order chi connectivity index (χ0) is 20.9. The van der Waals surface area contributed by atoms with Crippen LogP contribution in [0.1, 0.15) is 11.1 Å². The van der Waals surface area contributed by atoms with Gasteiger partial charge >= 0.3 is 0 Å². The van der Waals surface area contributed by atoms with Crippen LogP contribution in [-0.2, 0) is 14.8 Å². The molecule has 1 aliphatic rings. The Hall–Kier alpha value is -2.62. The van der Waals surface area contributed by atoms with E-state index in [2.05, 4.69) is 10.5 Å². The number of halogens is 1. The van der Waals surface area contributed by atoms with E-state index in [4.69, 9.17) is 0 Å². The third-order valence-electron chi connectivity index (χ3n) is 4.63. The predicted molar refractivity (Wildman–Crippen MR) is 109 cm³/mol. The van der Waals surface area contributed by atoms with Crippen LogP contribution in [0.5, 0.6) is 0 Å². The molecule has 9 heteroatoms. The number of benzene rings is 2. The van der Waals surface area contributed by atoms with Gasteiger partial charge in [-0.1, -0.05) is 29.8 Å². The summed E-state index contributed by atoms with van der Waals surface area (Å²) in [6.45, 7) is 3.59. The molecule has 0 spiro atoms. The van der Waals surface area contributed by atoms with Crippen molar-refractivity contribution in [3.05, 3.63) is 65.5 Å². The van der Waals surface area contributed by atoms with E-state index in [0.29, 0.717) is 31.7 Å². The lowest BCUT2D eigenvalue weighted by Crippen LogP contribution is -2.50. The molecule has 1 saturated heterocycles. The Morgan fingerprint density at radius 2 is 1.69 bits per heavy atom. The number of carbonyl (C=O) groups excluding carboxylic acids is 1. The van der Waals surface area contributed by atoms with E-state index >= 15 is 0 Å².